The molecule has 0 bridgehead atoms. The maximum absolute atomic E-state index is 12.5. The molecule has 0 saturated heterocycles. The molecule has 0 unspecified atom stereocenters. The fraction of sp³-hybridized carbons (Fsp3) is 0.100. The van der Waals surface area contributed by atoms with E-state index in [0.29, 0.717) is 5.39 Å². The monoisotopic (exact) mass is 213 g/mol. The number of pyridine rings is 1. The Hall–Kier alpha value is -1.78. The Balaban J connectivity index is 2.77. The Morgan fingerprint density at radius 2 is 1.87 bits per heavy atom. The third-order valence-corrected chi connectivity index (χ3v) is 2.02. The lowest BCUT2D eigenvalue weighted by Gasteiger charge is -2.08. The molecule has 0 aliphatic carbocycles. The van der Waals surface area contributed by atoms with Crippen molar-refractivity contribution in [1.29, 1.82) is 0 Å². The summed E-state index contributed by atoms with van der Waals surface area (Å²) in [6.07, 6.45) is -3.40. The molecule has 2 rings (SSSR count). The van der Waals surface area contributed by atoms with E-state index in [1.807, 2.05) is 0 Å². The summed E-state index contributed by atoms with van der Waals surface area (Å²) in [5, 5.41) is 9.43. The van der Waals surface area contributed by atoms with Crippen LogP contribution in [0.1, 0.15) is 5.69 Å². The number of hydrogen-bond donors (Lipinski definition) is 1. The van der Waals surface area contributed by atoms with Gasteiger partial charge in [-0.2, -0.15) is 13.2 Å². The summed E-state index contributed by atoms with van der Waals surface area (Å²) in [6, 6.07) is 5.11. The van der Waals surface area contributed by atoms with Crippen LogP contribution < -0.4 is 0 Å². The fourth-order valence-electron chi connectivity index (χ4n) is 1.39. The minimum atomic E-state index is -4.48. The summed E-state index contributed by atoms with van der Waals surface area (Å²) in [4.78, 5) is 3.30. The van der Waals surface area contributed by atoms with Crippen LogP contribution in [0.3, 0.4) is 0 Å². The predicted octanol–water partition coefficient (Wildman–Crippen LogP) is 2.96. The molecule has 2 aromatic rings. The zero-order valence-electron chi connectivity index (χ0n) is 7.42. The van der Waals surface area contributed by atoms with Crippen molar-refractivity contribution >= 4 is 10.8 Å². The van der Waals surface area contributed by atoms with Crippen molar-refractivity contribution in [3.63, 3.8) is 0 Å². The molecule has 1 aromatic heterocycles. The lowest BCUT2D eigenvalue weighted by molar-refractivity contribution is -0.139. The molecule has 1 aromatic carbocycles. The smallest absolute Gasteiger partial charge is 0.433 e. The highest BCUT2D eigenvalue weighted by Gasteiger charge is 2.34. The molecule has 0 atom stereocenters. The number of aromatic nitrogens is 1. The van der Waals surface area contributed by atoms with Gasteiger partial charge in [-0.15, -0.1) is 0 Å². The van der Waals surface area contributed by atoms with Crippen LogP contribution in [0, 0.1) is 0 Å². The van der Waals surface area contributed by atoms with Crippen molar-refractivity contribution in [3.05, 3.63) is 36.2 Å². The van der Waals surface area contributed by atoms with Crippen molar-refractivity contribution in [2.24, 2.45) is 0 Å². The topological polar surface area (TPSA) is 33.1 Å². The number of benzene rings is 1. The van der Waals surface area contributed by atoms with Gasteiger partial charge in [0.2, 0.25) is 0 Å². The van der Waals surface area contributed by atoms with Gasteiger partial charge in [-0.3, -0.25) is 4.98 Å². The molecule has 1 heterocycles. The van der Waals surface area contributed by atoms with Gasteiger partial charge in [-0.1, -0.05) is 0 Å². The van der Waals surface area contributed by atoms with Crippen LogP contribution in [0.2, 0.25) is 0 Å². The highest BCUT2D eigenvalue weighted by molar-refractivity contribution is 5.86. The van der Waals surface area contributed by atoms with Crippen molar-refractivity contribution in [1.82, 2.24) is 4.98 Å². The van der Waals surface area contributed by atoms with E-state index in [0.717, 1.165) is 6.20 Å². The molecule has 0 aliphatic rings. The Bertz CT molecular complexity index is 507. The van der Waals surface area contributed by atoms with Crippen molar-refractivity contribution in [3.8, 4) is 5.75 Å². The quantitative estimate of drug-likeness (QED) is 0.729. The van der Waals surface area contributed by atoms with E-state index in [1.54, 1.807) is 0 Å². The minimum absolute atomic E-state index is 0.0113. The number of nitrogens with zero attached hydrogens (tertiary/aromatic N) is 1. The molecule has 2 nitrogen and oxygen atoms in total. The molecule has 0 radical (unpaired) electrons. The van der Waals surface area contributed by atoms with E-state index in [2.05, 4.69) is 4.98 Å². The highest BCUT2D eigenvalue weighted by Crippen LogP contribution is 2.33. The molecule has 0 spiro atoms. The van der Waals surface area contributed by atoms with E-state index < -0.39 is 11.9 Å². The van der Waals surface area contributed by atoms with Crippen LogP contribution in [0.25, 0.3) is 10.8 Å². The van der Waals surface area contributed by atoms with Crippen LogP contribution in [0.5, 0.6) is 5.75 Å². The number of hydrogen-bond acceptors (Lipinski definition) is 2. The molecule has 0 saturated carbocycles. The largest absolute Gasteiger partial charge is 0.508 e. The van der Waals surface area contributed by atoms with E-state index in [-0.39, 0.29) is 11.1 Å². The number of rotatable bonds is 0. The second-order valence-electron chi connectivity index (χ2n) is 3.06. The van der Waals surface area contributed by atoms with Crippen molar-refractivity contribution in [2.45, 2.75) is 6.18 Å². The first-order chi connectivity index (χ1) is 6.98. The maximum Gasteiger partial charge on any atom is 0.433 e. The molecule has 5 heteroatoms. The second kappa shape index (κ2) is 3.12. The van der Waals surface area contributed by atoms with Crippen LogP contribution in [0.4, 0.5) is 13.2 Å². The third-order valence-electron chi connectivity index (χ3n) is 2.02. The number of phenols is 1. The van der Waals surface area contributed by atoms with E-state index >= 15 is 0 Å². The normalized spacial score (nSPS) is 11.9. The fourth-order valence-corrected chi connectivity index (χ4v) is 1.39. The molecule has 0 fully saturated rings. The van der Waals surface area contributed by atoms with Gasteiger partial charge < -0.3 is 5.11 Å². The minimum Gasteiger partial charge on any atom is -0.508 e. The summed E-state index contributed by atoms with van der Waals surface area (Å²) in [5.74, 6) is -0.0678. The van der Waals surface area contributed by atoms with Crippen LogP contribution in [-0.4, -0.2) is 10.1 Å². The van der Waals surface area contributed by atoms with Crippen molar-refractivity contribution in [2.75, 3.05) is 0 Å². The van der Waals surface area contributed by atoms with Crippen molar-refractivity contribution < 1.29 is 18.3 Å². The summed E-state index contributed by atoms with van der Waals surface area (Å²) in [5.41, 5.74) is -0.931. The second-order valence-corrected chi connectivity index (χ2v) is 3.06. The van der Waals surface area contributed by atoms with Gasteiger partial charge in [-0.25, -0.2) is 0 Å². The predicted molar refractivity (Wildman–Crippen MR) is 48.4 cm³/mol. The average Bonchev–Trinajstić information content (AvgIpc) is 2.15. The molecule has 15 heavy (non-hydrogen) atoms. The number of phenolic OH excluding ortho intramolecular Hbond substituents is 1. The van der Waals surface area contributed by atoms with Gasteiger partial charge in [0.1, 0.15) is 5.75 Å². The summed E-state index contributed by atoms with van der Waals surface area (Å²) >= 11 is 0. The first-order valence-electron chi connectivity index (χ1n) is 4.13. The van der Waals surface area contributed by atoms with E-state index in [4.69, 9.17) is 5.11 Å². The number of alkyl halides is 3. The number of halogens is 3. The highest BCUT2D eigenvalue weighted by atomic mass is 19.4. The SMILES string of the molecule is Oc1ccc2c(C(F)(F)F)nccc2c1. The van der Waals surface area contributed by atoms with E-state index in [1.165, 1.54) is 24.3 Å². The zero-order valence-corrected chi connectivity index (χ0v) is 7.42. The molecular weight excluding hydrogens is 207 g/mol. The van der Waals surface area contributed by atoms with Crippen LogP contribution in [-0.2, 0) is 6.18 Å². The molecule has 0 amide bonds. The molecule has 78 valence electrons. The lowest BCUT2D eigenvalue weighted by atomic mass is 10.1. The first-order valence-corrected chi connectivity index (χ1v) is 4.13. The lowest BCUT2D eigenvalue weighted by Crippen LogP contribution is -2.08. The number of aromatic hydroxyl groups is 1. The van der Waals surface area contributed by atoms with Gasteiger partial charge in [-0.05, 0) is 29.7 Å². The van der Waals surface area contributed by atoms with Gasteiger partial charge in [0, 0.05) is 11.6 Å². The molecule has 0 aliphatic heterocycles. The summed E-state index contributed by atoms with van der Waals surface area (Å²) < 4.78 is 37.5. The average molecular weight is 213 g/mol. The van der Waals surface area contributed by atoms with Crippen LogP contribution in [0.15, 0.2) is 30.5 Å². The molecule has 1 N–H and O–H groups in total. The zero-order chi connectivity index (χ0) is 11.1. The van der Waals surface area contributed by atoms with Gasteiger partial charge in [0.15, 0.2) is 5.69 Å². The maximum atomic E-state index is 12.5. The van der Waals surface area contributed by atoms with Crippen LogP contribution >= 0.6 is 0 Å². The summed E-state index contributed by atoms with van der Waals surface area (Å²) in [7, 11) is 0. The Labute approximate surface area is 83.0 Å². The van der Waals surface area contributed by atoms with Gasteiger partial charge in [0.25, 0.3) is 0 Å². The van der Waals surface area contributed by atoms with E-state index in [9.17, 15) is 13.2 Å². The Kier molecular flexibility index (Phi) is 2.03. The van der Waals surface area contributed by atoms with Gasteiger partial charge >= 0.3 is 6.18 Å². The Morgan fingerprint density at radius 3 is 2.53 bits per heavy atom. The standard InChI is InChI=1S/C10H6F3NO/c11-10(12,13)9-8-2-1-7(15)5-6(8)3-4-14-9/h1-5,15H. The third kappa shape index (κ3) is 1.72. The summed E-state index contributed by atoms with van der Waals surface area (Å²) in [6.45, 7) is 0. The number of fused-ring (bicyclic) bond motifs is 1. The van der Waals surface area contributed by atoms with Gasteiger partial charge in [0.05, 0.1) is 0 Å². The first kappa shape index (κ1) is 9.76. The molecular formula is C10H6F3NO. The Morgan fingerprint density at radius 1 is 1.13 bits per heavy atom.